The van der Waals surface area contributed by atoms with Crippen molar-refractivity contribution in [1.82, 2.24) is 15.5 Å². The lowest BCUT2D eigenvalue weighted by Gasteiger charge is -2.35. The van der Waals surface area contributed by atoms with Gasteiger partial charge in [-0.05, 0) is 25.9 Å². The number of urea groups is 1. The molecule has 0 aliphatic carbocycles. The first-order valence-corrected chi connectivity index (χ1v) is 6.89. The molecule has 1 fully saturated rings. The molecule has 1 heterocycles. The summed E-state index contributed by atoms with van der Waals surface area (Å²) in [7, 11) is 3.51. The van der Waals surface area contributed by atoms with E-state index < -0.39 is 12.1 Å². The Morgan fingerprint density at radius 2 is 2.20 bits per heavy atom. The molecule has 0 spiro atoms. The number of nitrogens with one attached hydrogen (secondary N) is 2. The van der Waals surface area contributed by atoms with Crippen LogP contribution in [0.25, 0.3) is 0 Å². The highest BCUT2D eigenvalue weighted by Crippen LogP contribution is 2.15. The first kappa shape index (κ1) is 16.7. The van der Waals surface area contributed by atoms with Crippen molar-refractivity contribution >= 4 is 12.0 Å². The molecule has 7 nitrogen and oxygen atoms in total. The Morgan fingerprint density at radius 3 is 2.75 bits per heavy atom. The van der Waals surface area contributed by atoms with Crippen LogP contribution in [-0.2, 0) is 9.53 Å². The fourth-order valence-electron chi connectivity index (χ4n) is 2.43. The summed E-state index contributed by atoms with van der Waals surface area (Å²) < 4.78 is 5.01. The van der Waals surface area contributed by atoms with Crippen molar-refractivity contribution in [2.75, 3.05) is 33.8 Å². The van der Waals surface area contributed by atoms with E-state index >= 15 is 0 Å². The van der Waals surface area contributed by atoms with Gasteiger partial charge in [0.1, 0.15) is 0 Å². The van der Waals surface area contributed by atoms with Crippen molar-refractivity contribution < 1.29 is 19.4 Å². The standard InChI is InChI=1S/C13H25N3O4/c1-9-8-16(2)5-4-11(9)15-13(19)14-7-10(20-3)6-12(17)18/h9-11H,4-8H2,1-3H3,(H,17,18)(H2,14,15,19). The van der Waals surface area contributed by atoms with Gasteiger partial charge in [-0.3, -0.25) is 4.79 Å². The molecule has 2 amide bonds. The summed E-state index contributed by atoms with van der Waals surface area (Å²) in [4.78, 5) is 24.6. The van der Waals surface area contributed by atoms with Gasteiger partial charge < -0.3 is 25.4 Å². The molecule has 0 aromatic rings. The molecule has 0 saturated carbocycles. The Labute approximate surface area is 119 Å². The summed E-state index contributed by atoms with van der Waals surface area (Å²) in [5, 5.41) is 14.3. The summed E-state index contributed by atoms with van der Waals surface area (Å²) in [6.45, 7) is 4.23. The summed E-state index contributed by atoms with van der Waals surface area (Å²) in [6, 6.07) is -0.106. The lowest BCUT2D eigenvalue weighted by Crippen LogP contribution is -2.52. The van der Waals surface area contributed by atoms with Crippen LogP contribution in [0, 0.1) is 5.92 Å². The third kappa shape index (κ3) is 5.75. The van der Waals surface area contributed by atoms with Crippen LogP contribution in [0.3, 0.4) is 0 Å². The number of hydrogen-bond acceptors (Lipinski definition) is 4. The molecule has 1 saturated heterocycles. The van der Waals surface area contributed by atoms with Crippen molar-refractivity contribution in [2.24, 2.45) is 5.92 Å². The quantitative estimate of drug-likeness (QED) is 0.645. The van der Waals surface area contributed by atoms with Crippen molar-refractivity contribution in [3.05, 3.63) is 0 Å². The van der Waals surface area contributed by atoms with Gasteiger partial charge in [0.2, 0.25) is 0 Å². The number of hydrogen-bond donors (Lipinski definition) is 3. The number of carboxylic acids is 1. The highest BCUT2D eigenvalue weighted by atomic mass is 16.5. The molecule has 1 aliphatic rings. The normalized spacial score (nSPS) is 24.9. The number of piperidine rings is 1. The van der Waals surface area contributed by atoms with Gasteiger partial charge in [-0.1, -0.05) is 6.92 Å². The molecule has 20 heavy (non-hydrogen) atoms. The van der Waals surface area contributed by atoms with Gasteiger partial charge in [0.15, 0.2) is 0 Å². The van der Waals surface area contributed by atoms with Gasteiger partial charge in [0.05, 0.1) is 12.5 Å². The van der Waals surface area contributed by atoms with Crippen LogP contribution in [-0.4, -0.2) is 67.9 Å². The molecular weight excluding hydrogens is 262 g/mol. The fourth-order valence-corrected chi connectivity index (χ4v) is 2.43. The van der Waals surface area contributed by atoms with E-state index in [0.29, 0.717) is 5.92 Å². The third-order valence-corrected chi connectivity index (χ3v) is 3.65. The number of methoxy groups -OCH3 is 1. The average molecular weight is 287 g/mol. The molecule has 7 heteroatoms. The maximum Gasteiger partial charge on any atom is 0.315 e. The Hall–Kier alpha value is -1.34. The number of carboxylic acid groups (broad SMARTS) is 1. The van der Waals surface area contributed by atoms with E-state index in [1.807, 2.05) is 0 Å². The number of rotatable bonds is 6. The van der Waals surface area contributed by atoms with Crippen LogP contribution in [0.4, 0.5) is 4.79 Å². The van der Waals surface area contributed by atoms with E-state index in [1.54, 1.807) is 0 Å². The number of amides is 2. The highest BCUT2D eigenvalue weighted by molar-refractivity contribution is 5.74. The largest absolute Gasteiger partial charge is 0.481 e. The summed E-state index contributed by atoms with van der Waals surface area (Å²) in [5.41, 5.74) is 0. The SMILES string of the molecule is COC(CNC(=O)NC1CCN(C)CC1C)CC(=O)O. The van der Waals surface area contributed by atoms with Crippen LogP contribution in [0.2, 0.25) is 0 Å². The minimum absolute atomic E-state index is 0.124. The Balaban J connectivity index is 2.30. The smallest absolute Gasteiger partial charge is 0.315 e. The number of nitrogens with zero attached hydrogens (tertiary/aromatic N) is 1. The van der Waals surface area contributed by atoms with Crippen molar-refractivity contribution in [1.29, 1.82) is 0 Å². The number of likely N-dealkylation sites (tertiary alicyclic amines) is 1. The Kier molecular flexibility index (Phi) is 6.74. The minimum atomic E-state index is -0.942. The lowest BCUT2D eigenvalue weighted by molar-refractivity contribution is -0.139. The van der Waals surface area contributed by atoms with Crippen LogP contribution in [0.5, 0.6) is 0 Å². The van der Waals surface area contributed by atoms with Crippen molar-refractivity contribution in [3.63, 3.8) is 0 Å². The number of aliphatic carboxylic acids is 1. The van der Waals surface area contributed by atoms with Gasteiger partial charge >= 0.3 is 12.0 Å². The Bertz CT molecular complexity index is 338. The molecule has 0 aromatic heterocycles. The van der Waals surface area contributed by atoms with Crippen molar-refractivity contribution in [2.45, 2.75) is 31.9 Å². The highest BCUT2D eigenvalue weighted by Gasteiger charge is 2.25. The van der Waals surface area contributed by atoms with Crippen LogP contribution >= 0.6 is 0 Å². The van der Waals surface area contributed by atoms with Gasteiger partial charge in [-0.2, -0.15) is 0 Å². The molecule has 3 unspecified atom stereocenters. The third-order valence-electron chi connectivity index (χ3n) is 3.65. The van der Waals surface area contributed by atoms with Crippen LogP contribution < -0.4 is 10.6 Å². The second kappa shape index (κ2) is 8.06. The predicted octanol–water partition coefficient (Wildman–Crippen LogP) is 0.116. The molecule has 3 atom stereocenters. The zero-order valence-electron chi connectivity index (χ0n) is 12.4. The van der Waals surface area contributed by atoms with Crippen molar-refractivity contribution in [3.8, 4) is 0 Å². The van der Waals surface area contributed by atoms with Crippen LogP contribution in [0.15, 0.2) is 0 Å². The summed E-state index contributed by atoms with van der Waals surface area (Å²) in [6.07, 6.45) is 0.295. The second-order valence-corrected chi connectivity index (χ2v) is 5.44. The van der Waals surface area contributed by atoms with Gasteiger partial charge in [0, 0.05) is 26.2 Å². The second-order valence-electron chi connectivity index (χ2n) is 5.44. The molecule has 0 aromatic carbocycles. The van der Waals surface area contributed by atoms with Gasteiger partial charge in [-0.25, -0.2) is 4.79 Å². The Morgan fingerprint density at radius 1 is 1.50 bits per heavy atom. The molecule has 0 radical (unpaired) electrons. The van der Waals surface area contributed by atoms with Gasteiger partial charge in [0.25, 0.3) is 0 Å². The minimum Gasteiger partial charge on any atom is -0.481 e. The maximum atomic E-state index is 11.8. The first-order valence-electron chi connectivity index (χ1n) is 6.89. The van der Waals surface area contributed by atoms with E-state index in [2.05, 4.69) is 29.5 Å². The average Bonchev–Trinajstić information content (AvgIpc) is 2.37. The fraction of sp³-hybridized carbons (Fsp3) is 0.846. The molecule has 116 valence electrons. The number of carbonyl (C=O) groups is 2. The van der Waals surface area contributed by atoms with E-state index in [1.165, 1.54) is 7.11 Å². The zero-order valence-corrected chi connectivity index (χ0v) is 12.4. The zero-order chi connectivity index (χ0) is 15.1. The molecule has 1 rings (SSSR count). The van der Waals surface area contributed by atoms with E-state index in [-0.39, 0.29) is 25.0 Å². The summed E-state index contributed by atoms with van der Waals surface area (Å²) in [5.74, 6) is -0.542. The van der Waals surface area contributed by atoms with E-state index in [4.69, 9.17) is 9.84 Å². The molecule has 3 N–H and O–H groups in total. The van der Waals surface area contributed by atoms with Gasteiger partial charge in [-0.15, -0.1) is 0 Å². The predicted molar refractivity (Wildman–Crippen MR) is 74.7 cm³/mol. The summed E-state index contributed by atoms with van der Waals surface area (Å²) >= 11 is 0. The lowest BCUT2D eigenvalue weighted by atomic mass is 9.94. The molecule has 0 bridgehead atoms. The monoisotopic (exact) mass is 287 g/mol. The first-order chi connectivity index (χ1) is 9.42. The van der Waals surface area contributed by atoms with Crippen LogP contribution in [0.1, 0.15) is 19.8 Å². The van der Waals surface area contributed by atoms with E-state index in [9.17, 15) is 9.59 Å². The number of ether oxygens (including phenoxy) is 1. The molecule has 1 aliphatic heterocycles. The molecular formula is C13H25N3O4. The number of carbonyl (C=O) groups excluding carboxylic acids is 1. The maximum absolute atomic E-state index is 11.8. The van der Waals surface area contributed by atoms with E-state index in [0.717, 1.165) is 19.5 Å². The topological polar surface area (TPSA) is 90.9 Å².